The van der Waals surface area contributed by atoms with Crippen LogP contribution in [-0.4, -0.2) is 6.61 Å². The molecule has 1 atom stereocenters. The number of rotatable bonds is 4. The monoisotopic (exact) mass is 300 g/mol. The molecule has 0 spiro atoms. The van der Waals surface area contributed by atoms with Gasteiger partial charge >= 0.3 is 0 Å². The number of ether oxygens (including phenoxy) is 1. The van der Waals surface area contributed by atoms with Gasteiger partial charge in [-0.2, -0.15) is 0 Å². The van der Waals surface area contributed by atoms with Crippen LogP contribution in [0.2, 0.25) is 0 Å². The molecule has 1 heteroatoms. The molecule has 0 N–H and O–H groups in total. The van der Waals surface area contributed by atoms with E-state index < -0.39 is 0 Å². The molecule has 122 valence electrons. The Bertz CT molecular complexity index is 512. The topological polar surface area (TPSA) is 9.23 Å². The molecule has 0 fully saturated rings. The number of terminal acetylenes is 1. The minimum absolute atomic E-state index is 0.0381. The summed E-state index contributed by atoms with van der Waals surface area (Å²) in [7, 11) is 0. The van der Waals surface area contributed by atoms with Gasteiger partial charge in [-0.1, -0.05) is 60.6 Å². The third-order valence-electron chi connectivity index (χ3n) is 4.01. The number of hydrogen-bond donors (Lipinski definition) is 0. The molecular formula is C21H32O. The maximum Gasteiger partial charge on any atom is 0.126 e. The molecule has 0 radical (unpaired) electrons. The van der Waals surface area contributed by atoms with Crippen LogP contribution in [-0.2, 0) is 10.8 Å². The average Bonchev–Trinajstić information content (AvgIpc) is 2.36. The predicted octanol–water partition coefficient (Wildman–Crippen LogP) is 5.81. The van der Waals surface area contributed by atoms with Gasteiger partial charge in [-0.25, -0.2) is 0 Å². The van der Waals surface area contributed by atoms with E-state index in [1.54, 1.807) is 0 Å². The van der Waals surface area contributed by atoms with Gasteiger partial charge in [0.2, 0.25) is 0 Å². The molecule has 0 aliphatic carbocycles. The van der Waals surface area contributed by atoms with E-state index in [-0.39, 0.29) is 10.8 Å². The van der Waals surface area contributed by atoms with Crippen LogP contribution in [0.4, 0.5) is 0 Å². The maximum atomic E-state index is 6.08. The maximum absolute atomic E-state index is 6.08. The molecule has 0 amide bonds. The molecule has 0 aliphatic rings. The highest BCUT2D eigenvalue weighted by Gasteiger charge is 2.28. The molecule has 1 rings (SSSR count). The van der Waals surface area contributed by atoms with Gasteiger partial charge in [-0.15, -0.1) is 12.3 Å². The first kappa shape index (κ1) is 18.6. The van der Waals surface area contributed by atoms with Crippen molar-refractivity contribution < 1.29 is 4.74 Å². The van der Waals surface area contributed by atoms with E-state index in [1.165, 1.54) is 16.7 Å². The average molecular weight is 300 g/mol. The molecule has 0 saturated carbocycles. The lowest BCUT2D eigenvalue weighted by Crippen LogP contribution is -2.20. The van der Waals surface area contributed by atoms with Gasteiger partial charge in [0.1, 0.15) is 5.75 Å². The summed E-state index contributed by atoms with van der Waals surface area (Å²) in [5, 5.41) is 0. The molecule has 1 aromatic rings. The Labute approximate surface area is 137 Å². The first-order valence-corrected chi connectivity index (χ1v) is 8.27. The van der Waals surface area contributed by atoms with Crippen molar-refractivity contribution in [2.45, 2.75) is 78.6 Å². The van der Waals surface area contributed by atoms with Crippen molar-refractivity contribution in [3.05, 3.63) is 28.8 Å². The Balaban J connectivity index is 3.65. The van der Waals surface area contributed by atoms with E-state index in [2.05, 4.69) is 66.5 Å². The van der Waals surface area contributed by atoms with E-state index in [1.807, 2.05) is 6.92 Å². The van der Waals surface area contributed by atoms with E-state index >= 15 is 0 Å². The van der Waals surface area contributed by atoms with Crippen molar-refractivity contribution in [2.24, 2.45) is 0 Å². The third-order valence-corrected chi connectivity index (χ3v) is 4.01. The van der Waals surface area contributed by atoms with Crippen molar-refractivity contribution in [1.82, 2.24) is 0 Å². The summed E-state index contributed by atoms with van der Waals surface area (Å²) >= 11 is 0. The van der Waals surface area contributed by atoms with Crippen LogP contribution in [0.3, 0.4) is 0 Å². The fourth-order valence-corrected chi connectivity index (χ4v) is 2.64. The lowest BCUT2D eigenvalue weighted by Gasteiger charge is -2.31. The summed E-state index contributed by atoms with van der Waals surface area (Å²) in [5.41, 5.74) is 3.95. The molecule has 0 heterocycles. The zero-order valence-electron chi connectivity index (χ0n) is 15.6. The summed E-state index contributed by atoms with van der Waals surface area (Å²) < 4.78 is 6.08. The van der Waals surface area contributed by atoms with Gasteiger partial charge in [-0.3, -0.25) is 0 Å². The van der Waals surface area contributed by atoms with Crippen molar-refractivity contribution in [2.75, 3.05) is 6.61 Å². The van der Waals surface area contributed by atoms with Gasteiger partial charge in [0, 0.05) is 17.5 Å². The van der Waals surface area contributed by atoms with Gasteiger partial charge in [0.25, 0.3) is 0 Å². The van der Waals surface area contributed by atoms with Crippen molar-refractivity contribution >= 4 is 0 Å². The Morgan fingerprint density at radius 2 is 1.50 bits per heavy atom. The highest BCUT2D eigenvalue weighted by molar-refractivity contribution is 5.51. The molecule has 1 nitrogen and oxygen atoms in total. The molecule has 22 heavy (non-hydrogen) atoms. The van der Waals surface area contributed by atoms with Crippen molar-refractivity contribution in [3.63, 3.8) is 0 Å². The highest BCUT2D eigenvalue weighted by Crippen LogP contribution is 2.42. The van der Waals surface area contributed by atoms with Crippen LogP contribution in [0, 0.1) is 12.3 Å². The fraction of sp³-hybridized carbons (Fsp3) is 0.619. The Hall–Kier alpha value is -1.42. The second kappa shape index (κ2) is 6.78. The highest BCUT2D eigenvalue weighted by atomic mass is 16.5. The largest absolute Gasteiger partial charge is 0.493 e. The number of hydrogen-bond acceptors (Lipinski definition) is 1. The van der Waals surface area contributed by atoms with Crippen LogP contribution in [0.25, 0.3) is 0 Å². The van der Waals surface area contributed by atoms with Gasteiger partial charge in [0.15, 0.2) is 0 Å². The molecule has 1 aromatic carbocycles. The molecule has 0 aliphatic heterocycles. The summed E-state index contributed by atoms with van der Waals surface area (Å²) in [6.07, 6.45) is 6.28. The Morgan fingerprint density at radius 1 is 1.05 bits per heavy atom. The zero-order chi connectivity index (χ0) is 17.1. The van der Waals surface area contributed by atoms with Crippen molar-refractivity contribution in [1.29, 1.82) is 0 Å². The van der Waals surface area contributed by atoms with Gasteiger partial charge < -0.3 is 4.74 Å². The lowest BCUT2D eigenvalue weighted by atomic mass is 9.77. The molecule has 0 bridgehead atoms. The van der Waals surface area contributed by atoms with Crippen molar-refractivity contribution in [3.8, 4) is 18.1 Å². The standard InChI is InChI=1S/C21H32O/c1-10-12-15(3)16-13-17(20(4,5)6)19(22-11-2)18(14-16)21(7,8)9/h1,13-15H,11-12H2,2-9H3. The molecular weight excluding hydrogens is 268 g/mol. The zero-order valence-corrected chi connectivity index (χ0v) is 15.6. The smallest absolute Gasteiger partial charge is 0.126 e. The van der Waals surface area contributed by atoms with Crippen LogP contribution in [0.1, 0.15) is 84.4 Å². The first-order valence-electron chi connectivity index (χ1n) is 8.27. The van der Waals surface area contributed by atoms with Crippen LogP contribution >= 0.6 is 0 Å². The van der Waals surface area contributed by atoms with Crippen LogP contribution < -0.4 is 4.74 Å². The second-order valence-corrected chi connectivity index (χ2v) is 8.19. The minimum atomic E-state index is 0.0381. The predicted molar refractivity (Wildman–Crippen MR) is 96.9 cm³/mol. The van der Waals surface area contributed by atoms with Crippen LogP contribution in [0.5, 0.6) is 5.75 Å². The lowest BCUT2D eigenvalue weighted by molar-refractivity contribution is 0.319. The molecule has 0 saturated heterocycles. The summed E-state index contributed by atoms with van der Waals surface area (Å²) in [5.74, 6) is 4.21. The van der Waals surface area contributed by atoms with Crippen LogP contribution in [0.15, 0.2) is 12.1 Å². The quantitative estimate of drug-likeness (QED) is 0.638. The Kier molecular flexibility index (Phi) is 5.74. The summed E-state index contributed by atoms with van der Waals surface area (Å²) in [6, 6.07) is 4.59. The Morgan fingerprint density at radius 3 is 1.82 bits per heavy atom. The van der Waals surface area contributed by atoms with E-state index in [0.717, 1.165) is 12.2 Å². The van der Waals surface area contributed by atoms with E-state index in [4.69, 9.17) is 11.2 Å². The number of benzene rings is 1. The molecule has 1 unspecified atom stereocenters. The third kappa shape index (κ3) is 4.29. The second-order valence-electron chi connectivity index (χ2n) is 8.19. The normalized spacial score (nSPS) is 13.6. The summed E-state index contributed by atoms with van der Waals surface area (Å²) in [6.45, 7) is 18.4. The van der Waals surface area contributed by atoms with E-state index in [0.29, 0.717) is 12.5 Å². The van der Waals surface area contributed by atoms with E-state index in [9.17, 15) is 0 Å². The molecule has 0 aromatic heterocycles. The fourth-order valence-electron chi connectivity index (χ4n) is 2.64. The van der Waals surface area contributed by atoms with Gasteiger partial charge in [0.05, 0.1) is 6.61 Å². The SMILES string of the molecule is C#CCC(C)c1cc(C(C)(C)C)c(OCC)c(C(C)(C)C)c1. The minimum Gasteiger partial charge on any atom is -0.493 e. The first-order chi connectivity index (χ1) is 10.0. The summed E-state index contributed by atoms with van der Waals surface area (Å²) in [4.78, 5) is 0. The van der Waals surface area contributed by atoms with Gasteiger partial charge in [-0.05, 0) is 29.2 Å².